The number of ketones is 1. The van der Waals surface area contributed by atoms with Crippen molar-refractivity contribution in [3.8, 4) is 0 Å². The average Bonchev–Trinajstić information content (AvgIpc) is 2.41. The van der Waals surface area contributed by atoms with Gasteiger partial charge in [-0.1, -0.05) is 36.4 Å². The van der Waals surface area contributed by atoms with Gasteiger partial charge in [0.25, 0.3) is 5.91 Å². The Kier molecular flexibility index (Phi) is 4.13. The first-order valence-electron chi connectivity index (χ1n) is 6.18. The number of hydrogen-bond donors (Lipinski definition) is 2. The van der Waals surface area contributed by atoms with Crippen molar-refractivity contribution < 1.29 is 9.59 Å². The summed E-state index contributed by atoms with van der Waals surface area (Å²) >= 11 is 0. The Bertz CT molecular complexity index is 532. The second-order valence-corrected chi connectivity index (χ2v) is 4.46. The highest BCUT2D eigenvalue weighted by Crippen LogP contribution is 2.03. The van der Waals surface area contributed by atoms with Crippen LogP contribution < -0.4 is 10.6 Å². The van der Waals surface area contributed by atoms with Crippen LogP contribution in [0.4, 0.5) is 0 Å². The quantitative estimate of drug-likeness (QED) is 0.800. The van der Waals surface area contributed by atoms with Gasteiger partial charge in [0.05, 0.1) is 0 Å². The number of carbonyl (C=O) groups is 2. The molecule has 4 nitrogen and oxygen atoms in total. The molecule has 1 saturated heterocycles. The van der Waals surface area contributed by atoms with Crippen LogP contribution in [0.1, 0.15) is 12.5 Å². The Morgan fingerprint density at radius 3 is 2.74 bits per heavy atom. The maximum absolute atomic E-state index is 11.7. The van der Waals surface area contributed by atoms with E-state index in [4.69, 9.17) is 0 Å². The number of hydrogen-bond acceptors (Lipinski definition) is 3. The minimum Gasteiger partial charge on any atom is -0.378 e. The van der Waals surface area contributed by atoms with Gasteiger partial charge in [-0.15, -0.1) is 0 Å². The van der Waals surface area contributed by atoms with E-state index in [9.17, 15) is 9.59 Å². The molecule has 1 fully saturated rings. The fraction of sp³-hybridized carbons (Fsp3) is 0.200. The third kappa shape index (κ3) is 3.81. The lowest BCUT2D eigenvalue weighted by Crippen LogP contribution is -2.49. The molecule has 2 N–H and O–H groups in total. The van der Waals surface area contributed by atoms with E-state index < -0.39 is 0 Å². The van der Waals surface area contributed by atoms with Crippen molar-refractivity contribution in [2.24, 2.45) is 0 Å². The van der Waals surface area contributed by atoms with Gasteiger partial charge in [0.15, 0.2) is 5.78 Å². The third-order valence-corrected chi connectivity index (χ3v) is 2.75. The molecule has 0 bridgehead atoms. The first kappa shape index (κ1) is 13.1. The smallest absolute Gasteiger partial charge is 0.267 e. The predicted molar refractivity (Wildman–Crippen MR) is 74.2 cm³/mol. The normalized spacial score (nSPS) is 21.2. The Morgan fingerprint density at radius 1 is 1.32 bits per heavy atom. The maximum Gasteiger partial charge on any atom is 0.267 e. The number of rotatable bonds is 3. The molecule has 1 aliphatic heterocycles. The van der Waals surface area contributed by atoms with E-state index in [1.165, 1.54) is 12.2 Å². The van der Waals surface area contributed by atoms with Crippen LogP contribution in [0, 0.1) is 0 Å². The molecule has 1 atom stereocenters. The summed E-state index contributed by atoms with van der Waals surface area (Å²) in [6.45, 7) is 2.53. The molecule has 2 rings (SSSR count). The number of benzene rings is 1. The maximum atomic E-state index is 11.7. The van der Waals surface area contributed by atoms with E-state index in [2.05, 4.69) is 10.6 Å². The minimum absolute atomic E-state index is 0.0830. The number of amides is 1. The Hall–Kier alpha value is -2.36. The fourth-order valence-electron chi connectivity index (χ4n) is 1.75. The number of nitrogens with one attached hydrogen (secondary N) is 2. The topological polar surface area (TPSA) is 58.2 Å². The Balaban J connectivity index is 2.01. The van der Waals surface area contributed by atoms with Crippen molar-refractivity contribution in [3.05, 3.63) is 53.7 Å². The largest absolute Gasteiger partial charge is 0.378 e. The van der Waals surface area contributed by atoms with Gasteiger partial charge >= 0.3 is 0 Å². The van der Waals surface area contributed by atoms with Crippen molar-refractivity contribution in [1.82, 2.24) is 10.6 Å². The summed E-state index contributed by atoms with van der Waals surface area (Å²) in [6.07, 6.45) is 4.50. The summed E-state index contributed by atoms with van der Waals surface area (Å²) in [6, 6.07) is 9.62. The second kappa shape index (κ2) is 6.00. The molecular formula is C15H16N2O2. The molecule has 0 radical (unpaired) electrons. The molecule has 1 heterocycles. The van der Waals surface area contributed by atoms with Crippen LogP contribution in [0.15, 0.2) is 48.2 Å². The van der Waals surface area contributed by atoms with E-state index in [0.717, 1.165) is 5.56 Å². The summed E-state index contributed by atoms with van der Waals surface area (Å²) in [7, 11) is 0. The Labute approximate surface area is 112 Å². The highest BCUT2D eigenvalue weighted by atomic mass is 16.2. The van der Waals surface area contributed by atoms with Crippen molar-refractivity contribution in [2.75, 3.05) is 6.54 Å². The minimum atomic E-state index is -0.236. The van der Waals surface area contributed by atoms with Gasteiger partial charge in [0, 0.05) is 18.7 Å². The summed E-state index contributed by atoms with van der Waals surface area (Å²) in [5.74, 6) is -0.448. The van der Waals surface area contributed by atoms with Crippen molar-refractivity contribution in [1.29, 1.82) is 0 Å². The van der Waals surface area contributed by atoms with E-state index in [-0.39, 0.29) is 17.7 Å². The van der Waals surface area contributed by atoms with Gasteiger partial charge < -0.3 is 10.6 Å². The zero-order chi connectivity index (χ0) is 13.7. The van der Waals surface area contributed by atoms with Crippen LogP contribution in [0.25, 0.3) is 6.08 Å². The van der Waals surface area contributed by atoms with Gasteiger partial charge in [0.2, 0.25) is 0 Å². The summed E-state index contributed by atoms with van der Waals surface area (Å²) < 4.78 is 0. The van der Waals surface area contributed by atoms with Crippen LogP contribution in [0.3, 0.4) is 0 Å². The van der Waals surface area contributed by atoms with Crippen LogP contribution >= 0.6 is 0 Å². The van der Waals surface area contributed by atoms with Crippen LogP contribution in [-0.4, -0.2) is 24.3 Å². The van der Waals surface area contributed by atoms with Crippen molar-refractivity contribution in [3.63, 3.8) is 0 Å². The second-order valence-electron chi connectivity index (χ2n) is 4.46. The summed E-state index contributed by atoms with van der Waals surface area (Å²) in [5.41, 5.74) is 1.27. The van der Waals surface area contributed by atoms with Crippen LogP contribution in [0.2, 0.25) is 0 Å². The molecule has 1 unspecified atom stereocenters. The molecule has 1 aromatic rings. The molecule has 1 aliphatic rings. The van der Waals surface area contributed by atoms with Gasteiger partial charge in [-0.25, -0.2) is 0 Å². The van der Waals surface area contributed by atoms with Crippen molar-refractivity contribution in [2.45, 2.75) is 13.0 Å². The summed E-state index contributed by atoms with van der Waals surface area (Å²) in [4.78, 5) is 23.3. The van der Waals surface area contributed by atoms with Gasteiger partial charge in [-0.2, -0.15) is 0 Å². The molecule has 0 aliphatic carbocycles. The molecular weight excluding hydrogens is 240 g/mol. The number of piperazine rings is 1. The fourth-order valence-corrected chi connectivity index (χ4v) is 1.75. The highest BCUT2D eigenvalue weighted by Gasteiger charge is 2.18. The first-order valence-corrected chi connectivity index (χ1v) is 6.18. The monoisotopic (exact) mass is 256 g/mol. The zero-order valence-electron chi connectivity index (χ0n) is 10.7. The zero-order valence-corrected chi connectivity index (χ0v) is 10.7. The third-order valence-electron chi connectivity index (χ3n) is 2.75. The van der Waals surface area contributed by atoms with E-state index >= 15 is 0 Å². The molecule has 4 heteroatoms. The van der Waals surface area contributed by atoms with Crippen LogP contribution in [0.5, 0.6) is 0 Å². The lowest BCUT2D eigenvalue weighted by atomic mass is 10.1. The molecule has 98 valence electrons. The number of allylic oxidation sites excluding steroid dienone is 2. The first-order chi connectivity index (χ1) is 9.15. The predicted octanol–water partition coefficient (Wildman–Crippen LogP) is 1.26. The highest BCUT2D eigenvalue weighted by molar-refractivity contribution is 6.07. The molecule has 19 heavy (non-hydrogen) atoms. The molecule has 1 aromatic carbocycles. The SMILES string of the molecule is CC1CN/C(=C/C(=O)/C=C/c2ccccc2)C(=O)N1. The van der Waals surface area contributed by atoms with E-state index in [0.29, 0.717) is 12.2 Å². The molecule has 0 aromatic heterocycles. The molecule has 0 saturated carbocycles. The number of carbonyl (C=O) groups excluding carboxylic acids is 2. The van der Waals surface area contributed by atoms with E-state index in [1.54, 1.807) is 6.08 Å². The summed E-state index contributed by atoms with van der Waals surface area (Å²) in [5, 5.41) is 5.70. The average molecular weight is 256 g/mol. The van der Waals surface area contributed by atoms with Gasteiger partial charge in [-0.3, -0.25) is 9.59 Å². The lowest BCUT2D eigenvalue weighted by Gasteiger charge is -2.23. The van der Waals surface area contributed by atoms with Gasteiger partial charge in [0.1, 0.15) is 5.70 Å². The standard InChI is InChI=1S/C15H16N2O2/c1-11-10-16-14(15(19)17-11)9-13(18)8-7-12-5-3-2-4-6-12/h2-9,11,16H,10H2,1H3,(H,17,19)/b8-7+,14-9+. The van der Waals surface area contributed by atoms with Crippen molar-refractivity contribution >= 4 is 17.8 Å². The lowest BCUT2D eigenvalue weighted by molar-refractivity contribution is -0.119. The van der Waals surface area contributed by atoms with Gasteiger partial charge in [-0.05, 0) is 18.6 Å². The van der Waals surface area contributed by atoms with Crippen LogP contribution in [-0.2, 0) is 9.59 Å². The Morgan fingerprint density at radius 2 is 2.05 bits per heavy atom. The van der Waals surface area contributed by atoms with E-state index in [1.807, 2.05) is 37.3 Å². The molecule has 1 amide bonds. The molecule has 0 spiro atoms.